The third kappa shape index (κ3) is 18.4. The quantitative estimate of drug-likeness (QED) is 0.274. The molecule has 0 aromatic rings. The van der Waals surface area contributed by atoms with E-state index in [1.54, 1.807) is 12.2 Å². The molecule has 0 bridgehead atoms. The van der Waals surface area contributed by atoms with Gasteiger partial charge in [0.05, 0.1) is 6.10 Å². The Morgan fingerprint density at radius 2 is 1.62 bits per heavy atom. The fourth-order valence-electron chi connectivity index (χ4n) is 2.02. The maximum absolute atomic E-state index is 10.2. The minimum absolute atomic E-state index is 0.0113. The largest absolute Gasteiger partial charge is 0.550 e. The van der Waals surface area contributed by atoms with Crippen LogP contribution < -0.4 is 5.11 Å². The van der Waals surface area contributed by atoms with Crippen LogP contribution in [0.5, 0.6) is 0 Å². The number of carbonyl (C=O) groups is 1. The van der Waals surface area contributed by atoms with Crippen LogP contribution >= 0.6 is 0 Å². The molecule has 1 unspecified atom stereocenters. The van der Waals surface area contributed by atoms with Crippen molar-refractivity contribution in [3.8, 4) is 0 Å². The van der Waals surface area contributed by atoms with E-state index in [9.17, 15) is 15.0 Å². The molecule has 0 saturated carbocycles. The second-order valence-electron chi connectivity index (χ2n) is 5.63. The lowest BCUT2D eigenvalue weighted by atomic mass is 10.1. The van der Waals surface area contributed by atoms with Crippen LogP contribution in [0.2, 0.25) is 0 Å². The molecule has 0 saturated heterocycles. The minimum atomic E-state index is -1.07. The van der Waals surface area contributed by atoms with E-state index in [4.69, 9.17) is 5.11 Å². The number of hydrogen-bond donors (Lipinski definition) is 2. The maximum Gasteiger partial charge on any atom is 0.0724 e. The summed E-state index contributed by atoms with van der Waals surface area (Å²) in [4.78, 5) is 10.2. The van der Waals surface area contributed by atoms with Gasteiger partial charge in [-0.15, -0.1) is 0 Å². The highest BCUT2D eigenvalue weighted by Gasteiger charge is 1.97. The average Bonchev–Trinajstić information content (AvgIpc) is 2.55. The molecule has 24 heavy (non-hydrogen) atoms. The van der Waals surface area contributed by atoms with Gasteiger partial charge in [-0.3, -0.25) is 0 Å². The van der Waals surface area contributed by atoms with Crippen molar-refractivity contribution in [3.05, 3.63) is 48.6 Å². The predicted octanol–water partition coefficient (Wildman–Crippen LogP) is 2.83. The Morgan fingerprint density at radius 3 is 2.33 bits per heavy atom. The van der Waals surface area contributed by atoms with E-state index in [-0.39, 0.29) is 13.0 Å². The zero-order valence-electron chi connectivity index (χ0n) is 14.5. The number of carboxylic acid groups (broad SMARTS) is 1. The van der Waals surface area contributed by atoms with Crippen LogP contribution in [-0.4, -0.2) is 28.9 Å². The number of carbonyl (C=O) groups excluding carboxylic acids is 1. The summed E-state index contributed by atoms with van der Waals surface area (Å²) in [6, 6.07) is 0. The van der Waals surface area contributed by atoms with Crippen LogP contribution in [0.4, 0.5) is 0 Å². The molecule has 0 amide bonds. The fraction of sp³-hybridized carbons (Fsp3) is 0.550. The van der Waals surface area contributed by atoms with E-state index in [1.165, 1.54) is 0 Å². The Balaban J connectivity index is 3.57. The zero-order chi connectivity index (χ0) is 17.9. The third-order valence-corrected chi connectivity index (χ3v) is 3.37. The maximum atomic E-state index is 10.2. The molecule has 0 aromatic carbocycles. The van der Waals surface area contributed by atoms with Crippen molar-refractivity contribution < 1.29 is 20.1 Å². The van der Waals surface area contributed by atoms with Crippen molar-refractivity contribution in [2.75, 3.05) is 6.61 Å². The number of aliphatic hydroxyl groups is 2. The van der Waals surface area contributed by atoms with Gasteiger partial charge in [-0.1, -0.05) is 55.0 Å². The van der Waals surface area contributed by atoms with Gasteiger partial charge in [0.25, 0.3) is 0 Å². The summed E-state index contributed by atoms with van der Waals surface area (Å²) in [6.45, 7) is 0.288. The van der Waals surface area contributed by atoms with Gasteiger partial charge in [0.2, 0.25) is 0 Å². The van der Waals surface area contributed by atoms with Gasteiger partial charge in [0.15, 0.2) is 0 Å². The van der Waals surface area contributed by atoms with E-state index >= 15 is 0 Å². The van der Waals surface area contributed by atoms with Gasteiger partial charge in [0.1, 0.15) is 0 Å². The van der Waals surface area contributed by atoms with E-state index in [0.29, 0.717) is 12.8 Å². The lowest BCUT2D eigenvalue weighted by molar-refractivity contribution is -0.305. The highest BCUT2D eigenvalue weighted by Crippen LogP contribution is 2.02. The van der Waals surface area contributed by atoms with Crippen LogP contribution in [0, 0.1) is 0 Å². The molecule has 0 aliphatic heterocycles. The lowest BCUT2D eigenvalue weighted by Crippen LogP contribution is -2.22. The standard InChI is InChI=1S/C20H32O4/c21-18-13-11-9-7-5-3-1-2-4-6-8-10-12-15-19(22)16-14-17-20(23)24/h2-5,8,10,12,15,19,21-22H,1,6-7,9,11,13-14,16-18H2,(H,23,24)/p-1/b4-2-,5-3-,10-8-,15-12+. The smallest absolute Gasteiger partial charge is 0.0724 e. The topological polar surface area (TPSA) is 80.6 Å². The monoisotopic (exact) mass is 335 g/mol. The first kappa shape index (κ1) is 22.4. The summed E-state index contributed by atoms with van der Waals surface area (Å²) in [7, 11) is 0. The normalized spacial score (nSPS) is 13.8. The zero-order valence-corrected chi connectivity index (χ0v) is 14.5. The Hall–Kier alpha value is -1.65. The van der Waals surface area contributed by atoms with E-state index in [0.717, 1.165) is 38.5 Å². The summed E-state index contributed by atoms with van der Waals surface area (Å²) in [6.07, 6.45) is 22.1. The number of allylic oxidation sites excluding steroid dienone is 7. The van der Waals surface area contributed by atoms with Crippen molar-refractivity contribution in [3.63, 3.8) is 0 Å². The molecule has 136 valence electrons. The number of aliphatic hydroxyl groups excluding tert-OH is 2. The van der Waals surface area contributed by atoms with Crippen LogP contribution in [0.1, 0.15) is 57.8 Å². The van der Waals surface area contributed by atoms with Gasteiger partial charge in [-0.2, -0.15) is 0 Å². The average molecular weight is 335 g/mol. The Bertz CT molecular complexity index is 408. The number of aliphatic carboxylic acids is 1. The first-order chi connectivity index (χ1) is 11.7. The molecule has 0 heterocycles. The molecule has 0 aliphatic carbocycles. The molecule has 0 spiro atoms. The summed E-state index contributed by atoms with van der Waals surface area (Å²) in [5, 5.41) is 28.5. The molecule has 1 atom stereocenters. The number of unbranched alkanes of at least 4 members (excludes halogenated alkanes) is 3. The Kier molecular flexibility index (Phi) is 16.5. The number of carboxylic acids is 1. The molecule has 4 nitrogen and oxygen atoms in total. The number of rotatable bonds is 15. The van der Waals surface area contributed by atoms with Gasteiger partial charge in [-0.25, -0.2) is 0 Å². The first-order valence-electron chi connectivity index (χ1n) is 8.79. The summed E-state index contributed by atoms with van der Waals surface area (Å²) >= 11 is 0. The fourth-order valence-corrected chi connectivity index (χ4v) is 2.02. The van der Waals surface area contributed by atoms with Crippen molar-refractivity contribution in [2.45, 2.75) is 63.9 Å². The summed E-state index contributed by atoms with van der Waals surface area (Å²) in [5.41, 5.74) is 0. The van der Waals surface area contributed by atoms with E-state index in [1.807, 2.05) is 12.2 Å². The highest BCUT2D eigenvalue weighted by atomic mass is 16.4. The predicted molar refractivity (Wildman–Crippen MR) is 96.2 cm³/mol. The summed E-state index contributed by atoms with van der Waals surface area (Å²) < 4.78 is 0. The van der Waals surface area contributed by atoms with Crippen LogP contribution in [0.25, 0.3) is 0 Å². The van der Waals surface area contributed by atoms with Crippen LogP contribution in [0.15, 0.2) is 48.6 Å². The van der Waals surface area contributed by atoms with Gasteiger partial charge >= 0.3 is 0 Å². The van der Waals surface area contributed by atoms with Crippen LogP contribution in [-0.2, 0) is 4.79 Å². The first-order valence-corrected chi connectivity index (χ1v) is 8.79. The lowest BCUT2D eigenvalue weighted by Gasteiger charge is -2.04. The SMILES string of the molecule is O=C([O-])CCCC(O)/C=C/C=C\C/C=C\C/C=C\CCCCCO. The second kappa shape index (κ2) is 17.7. The Labute approximate surface area is 145 Å². The molecular formula is C20H31O4-. The van der Waals surface area contributed by atoms with Crippen molar-refractivity contribution >= 4 is 5.97 Å². The minimum Gasteiger partial charge on any atom is -0.550 e. The molecule has 0 aromatic heterocycles. The molecule has 4 heteroatoms. The molecule has 0 aliphatic rings. The molecule has 2 N–H and O–H groups in total. The molecular weight excluding hydrogens is 304 g/mol. The van der Waals surface area contributed by atoms with E-state index in [2.05, 4.69) is 24.3 Å². The van der Waals surface area contributed by atoms with Gasteiger partial charge in [-0.05, 0) is 51.4 Å². The third-order valence-electron chi connectivity index (χ3n) is 3.37. The molecule has 0 rings (SSSR count). The Morgan fingerprint density at radius 1 is 0.917 bits per heavy atom. The van der Waals surface area contributed by atoms with Gasteiger partial charge in [0, 0.05) is 12.6 Å². The molecule has 0 radical (unpaired) electrons. The van der Waals surface area contributed by atoms with Gasteiger partial charge < -0.3 is 20.1 Å². The van der Waals surface area contributed by atoms with Crippen LogP contribution in [0.3, 0.4) is 0 Å². The molecule has 0 fully saturated rings. The highest BCUT2D eigenvalue weighted by molar-refractivity contribution is 5.64. The summed E-state index contributed by atoms with van der Waals surface area (Å²) in [5.74, 6) is -1.07. The second-order valence-corrected chi connectivity index (χ2v) is 5.63. The number of hydrogen-bond acceptors (Lipinski definition) is 4. The van der Waals surface area contributed by atoms with Crippen molar-refractivity contribution in [1.29, 1.82) is 0 Å². The van der Waals surface area contributed by atoms with Crippen molar-refractivity contribution in [2.24, 2.45) is 0 Å². The van der Waals surface area contributed by atoms with E-state index < -0.39 is 12.1 Å². The van der Waals surface area contributed by atoms with Crippen molar-refractivity contribution in [1.82, 2.24) is 0 Å².